The summed E-state index contributed by atoms with van der Waals surface area (Å²) in [4.78, 5) is 33.4. The van der Waals surface area contributed by atoms with E-state index >= 15 is 0 Å². The maximum atomic E-state index is 12.4. The minimum absolute atomic E-state index is 0.0352. The Kier molecular flexibility index (Phi) is 5.25. The third kappa shape index (κ3) is 4.18. The summed E-state index contributed by atoms with van der Waals surface area (Å²) in [6.07, 6.45) is 3.09. The van der Waals surface area contributed by atoms with Gasteiger partial charge in [0, 0.05) is 22.6 Å². The summed E-state index contributed by atoms with van der Waals surface area (Å²) in [6, 6.07) is 0. The van der Waals surface area contributed by atoms with Crippen LogP contribution in [0.25, 0.3) is 0 Å². The van der Waals surface area contributed by atoms with Crippen molar-refractivity contribution in [3.63, 3.8) is 0 Å². The van der Waals surface area contributed by atoms with E-state index in [0.717, 1.165) is 30.7 Å². The molecular formula is C16H20N4O2S2. The van der Waals surface area contributed by atoms with Crippen LogP contribution in [0, 0.1) is 25.7 Å². The highest BCUT2D eigenvalue weighted by Gasteiger charge is 2.31. The van der Waals surface area contributed by atoms with Gasteiger partial charge in [-0.3, -0.25) is 9.59 Å². The van der Waals surface area contributed by atoms with Gasteiger partial charge < -0.3 is 10.6 Å². The highest BCUT2D eigenvalue weighted by atomic mass is 32.1. The monoisotopic (exact) mass is 364 g/mol. The second-order valence-corrected chi connectivity index (χ2v) is 7.84. The molecule has 1 aliphatic carbocycles. The molecule has 24 heavy (non-hydrogen) atoms. The van der Waals surface area contributed by atoms with Crippen molar-refractivity contribution in [2.75, 3.05) is 10.6 Å². The Morgan fingerprint density at radius 2 is 1.42 bits per heavy atom. The first-order valence-corrected chi connectivity index (χ1v) is 9.73. The first-order valence-electron chi connectivity index (χ1n) is 7.97. The summed E-state index contributed by atoms with van der Waals surface area (Å²) in [7, 11) is 0. The molecule has 1 aliphatic rings. The molecule has 0 aromatic carbocycles. The number of nitrogens with zero attached hydrogens (tertiary/aromatic N) is 2. The van der Waals surface area contributed by atoms with E-state index < -0.39 is 0 Å². The summed E-state index contributed by atoms with van der Waals surface area (Å²) in [5.74, 6) is -0.354. The number of hydrogen-bond donors (Lipinski definition) is 2. The standard InChI is InChI=1S/C16H20N4O2S2/c1-9-7-23-15(17-9)19-13(21)11-4-3-5-12(6-11)14(22)20-16-18-10(2)8-24-16/h7-8,11-12H,3-6H2,1-2H3,(H,17,19,21)(H,18,20,22)/t11-,12+. The van der Waals surface area contributed by atoms with Gasteiger partial charge in [-0.15, -0.1) is 22.7 Å². The second kappa shape index (κ2) is 7.40. The molecule has 2 heterocycles. The van der Waals surface area contributed by atoms with Crippen LogP contribution in [0.5, 0.6) is 0 Å². The molecule has 128 valence electrons. The Bertz CT molecular complexity index is 680. The Labute approximate surface area is 148 Å². The van der Waals surface area contributed by atoms with Crippen LogP contribution in [0.2, 0.25) is 0 Å². The molecule has 0 saturated heterocycles. The van der Waals surface area contributed by atoms with Crippen LogP contribution in [0.15, 0.2) is 10.8 Å². The molecule has 2 atom stereocenters. The largest absolute Gasteiger partial charge is 0.302 e. The van der Waals surface area contributed by atoms with E-state index in [4.69, 9.17) is 0 Å². The van der Waals surface area contributed by atoms with Crippen LogP contribution in [0.4, 0.5) is 10.3 Å². The molecule has 2 aromatic heterocycles. The molecule has 2 N–H and O–H groups in total. The number of aryl methyl sites for hydroxylation is 2. The first kappa shape index (κ1) is 17.0. The maximum Gasteiger partial charge on any atom is 0.229 e. The molecule has 1 fully saturated rings. The van der Waals surface area contributed by atoms with Crippen LogP contribution in [0.1, 0.15) is 37.1 Å². The fourth-order valence-electron chi connectivity index (χ4n) is 2.90. The number of rotatable bonds is 4. The zero-order chi connectivity index (χ0) is 17.1. The molecule has 0 aliphatic heterocycles. The maximum absolute atomic E-state index is 12.4. The van der Waals surface area contributed by atoms with Gasteiger partial charge in [0.1, 0.15) is 0 Å². The third-order valence-corrected chi connectivity index (χ3v) is 5.87. The van der Waals surface area contributed by atoms with Gasteiger partial charge in [-0.05, 0) is 33.1 Å². The van der Waals surface area contributed by atoms with Gasteiger partial charge in [-0.25, -0.2) is 9.97 Å². The Balaban J connectivity index is 1.57. The quantitative estimate of drug-likeness (QED) is 0.868. The average molecular weight is 364 g/mol. The molecule has 6 nitrogen and oxygen atoms in total. The number of hydrogen-bond acceptors (Lipinski definition) is 6. The molecule has 0 unspecified atom stereocenters. The molecule has 0 bridgehead atoms. The lowest BCUT2D eigenvalue weighted by Crippen LogP contribution is -2.33. The van der Waals surface area contributed by atoms with Gasteiger partial charge in [-0.2, -0.15) is 0 Å². The molecule has 3 rings (SSSR count). The van der Waals surface area contributed by atoms with Crippen LogP contribution in [0.3, 0.4) is 0 Å². The van der Waals surface area contributed by atoms with Crippen molar-refractivity contribution in [1.29, 1.82) is 0 Å². The van der Waals surface area contributed by atoms with E-state index in [0.29, 0.717) is 16.7 Å². The van der Waals surface area contributed by atoms with Gasteiger partial charge >= 0.3 is 0 Å². The van der Waals surface area contributed by atoms with Crippen molar-refractivity contribution in [3.8, 4) is 0 Å². The van der Waals surface area contributed by atoms with Gasteiger partial charge in [0.2, 0.25) is 11.8 Å². The van der Waals surface area contributed by atoms with Crippen molar-refractivity contribution < 1.29 is 9.59 Å². The minimum atomic E-state index is -0.142. The molecule has 2 amide bonds. The molecule has 1 saturated carbocycles. The number of amides is 2. The number of nitrogens with one attached hydrogen (secondary N) is 2. The molecule has 0 radical (unpaired) electrons. The van der Waals surface area contributed by atoms with Crippen molar-refractivity contribution in [2.45, 2.75) is 39.5 Å². The lowest BCUT2D eigenvalue weighted by atomic mass is 9.80. The number of carbonyl (C=O) groups is 2. The fraction of sp³-hybridized carbons (Fsp3) is 0.500. The number of aromatic nitrogens is 2. The van der Waals surface area contributed by atoms with Gasteiger partial charge in [-0.1, -0.05) is 6.42 Å². The smallest absolute Gasteiger partial charge is 0.229 e. The Hall–Kier alpha value is -1.80. The number of anilines is 2. The lowest BCUT2D eigenvalue weighted by molar-refractivity contribution is -0.124. The lowest BCUT2D eigenvalue weighted by Gasteiger charge is -2.27. The van der Waals surface area contributed by atoms with Crippen molar-refractivity contribution in [3.05, 3.63) is 22.1 Å². The van der Waals surface area contributed by atoms with Crippen LogP contribution >= 0.6 is 22.7 Å². The zero-order valence-electron chi connectivity index (χ0n) is 13.7. The second-order valence-electron chi connectivity index (χ2n) is 6.13. The predicted molar refractivity (Wildman–Crippen MR) is 96.4 cm³/mol. The number of carbonyl (C=O) groups excluding carboxylic acids is 2. The Morgan fingerprint density at radius 3 is 1.79 bits per heavy atom. The fourth-order valence-corrected chi connectivity index (χ4v) is 4.29. The topological polar surface area (TPSA) is 84.0 Å². The first-order chi connectivity index (χ1) is 11.5. The van der Waals surface area contributed by atoms with Crippen LogP contribution in [-0.4, -0.2) is 21.8 Å². The van der Waals surface area contributed by atoms with Gasteiger partial charge in [0.15, 0.2) is 10.3 Å². The van der Waals surface area contributed by atoms with Gasteiger partial charge in [0.05, 0.1) is 11.4 Å². The van der Waals surface area contributed by atoms with Gasteiger partial charge in [0.25, 0.3) is 0 Å². The summed E-state index contributed by atoms with van der Waals surface area (Å²) < 4.78 is 0. The van der Waals surface area contributed by atoms with E-state index in [2.05, 4.69) is 20.6 Å². The summed E-state index contributed by atoms with van der Waals surface area (Å²) in [5.41, 5.74) is 1.80. The molecule has 8 heteroatoms. The highest BCUT2D eigenvalue weighted by molar-refractivity contribution is 7.14. The zero-order valence-corrected chi connectivity index (χ0v) is 15.3. The number of thiazole rings is 2. The summed E-state index contributed by atoms with van der Waals surface area (Å²) in [5, 5.41) is 10.8. The average Bonchev–Trinajstić information content (AvgIpc) is 3.15. The molecular weight excluding hydrogens is 344 g/mol. The van der Waals surface area contributed by atoms with E-state index in [9.17, 15) is 9.59 Å². The van der Waals surface area contributed by atoms with Crippen molar-refractivity contribution >= 4 is 44.8 Å². The Morgan fingerprint density at radius 1 is 0.958 bits per heavy atom. The van der Waals surface area contributed by atoms with Crippen LogP contribution in [-0.2, 0) is 9.59 Å². The normalized spacial score (nSPS) is 20.6. The summed E-state index contributed by atoms with van der Waals surface area (Å²) in [6.45, 7) is 3.79. The van der Waals surface area contributed by atoms with Crippen molar-refractivity contribution in [1.82, 2.24) is 9.97 Å². The predicted octanol–water partition coefficient (Wildman–Crippen LogP) is 3.60. The molecule has 0 spiro atoms. The van der Waals surface area contributed by atoms with E-state index in [-0.39, 0.29) is 23.7 Å². The highest BCUT2D eigenvalue weighted by Crippen LogP contribution is 2.31. The molecule has 2 aromatic rings. The SMILES string of the molecule is Cc1csc(NC(=O)[C@@H]2CCC[C@H](C(=O)Nc3nc(C)cs3)C2)n1. The van der Waals surface area contributed by atoms with E-state index in [1.807, 2.05) is 24.6 Å². The van der Waals surface area contributed by atoms with E-state index in [1.54, 1.807) is 0 Å². The third-order valence-electron chi connectivity index (χ3n) is 4.11. The minimum Gasteiger partial charge on any atom is -0.302 e. The van der Waals surface area contributed by atoms with E-state index in [1.165, 1.54) is 22.7 Å². The van der Waals surface area contributed by atoms with Crippen molar-refractivity contribution in [2.24, 2.45) is 11.8 Å². The summed E-state index contributed by atoms with van der Waals surface area (Å²) >= 11 is 2.85. The van der Waals surface area contributed by atoms with Crippen LogP contribution < -0.4 is 10.6 Å².